The Labute approximate surface area is 73.1 Å². The van der Waals surface area contributed by atoms with Crippen molar-refractivity contribution in [2.45, 2.75) is 19.9 Å². The predicted molar refractivity (Wildman–Crippen MR) is 51.7 cm³/mol. The van der Waals surface area contributed by atoms with Crippen LogP contribution in [0.3, 0.4) is 0 Å². The molecule has 2 heteroatoms. The molecule has 0 aliphatic carbocycles. The van der Waals surface area contributed by atoms with Gasteiger partial charge in [0.2, 0.25) is 0 Å². The molecule has 64 valence electrons. The average Bonchev–Trinajstić information content (AvgIpc) is 2.03. The van der Waals surface area contributed by atoms with Gasteiger partial charge in [-0.25, -0.2) is 0 Å². The van der Waals surface area contributed by atoms with Gasteiger partial charge in [0, 0.05) is 12.2 Å². The van der Waals surface area contributed by atoms with Crippen LogP contribution in [0.25, 0.3) is 6.08 Å². The van der Waals surface area contributed by atoms with Gasteiger partial charge < -0.3 is 5.73 Å². The molecule has 0 radical (unpaired) electrons. The second-order valence-corrected chi connectivity index (χ2v) is 2.92. The first-order chi connectivity index (χ1) is 5.70. The van der Waals surface area contributed by atoms with Gasteiger partial charge in [0.05, 0.1) is 5.69 Å². The Hall–Kier alpha value is -1.15. The Morgan fingerprint density at radius 1 is 1.58 bits per heavy atom. The molecule has 0 aliphatic heterocycles. The second-order valence-electron chi connectivity index (χ2n) is 2.92. The number of rotatable bonds is 2. The van der Waals surface area contributed by atoms with E-state index in [9.17, 15) is 0 Å². The molecule has 1 heterocycles. The molecule has 1 aromatic rings. The van der Waals surface area contributed by atoms with Crippen LogP contribution in [0.2, 0.25) is 0 Å². The van der Waals surface area contributed by atoms with Crippen molar-refractivity contribution in [1.82, 2.24) is 4.98 Å². The highest BCUT2D eigenvalue weighted by atomic mass is 14.7. The smallest absolute Gasteiger partial charge is 0.0656 e. The zero-order valence-corrected chi connectivity index (χ0v) is 7.49. The van der Waals surface area contributed by atoms with E-state index in [1.54, 1.807) is 6.20 Å². The van der Waals surface area contributed by atoms with Gasteiger partial charge in [-0.3, -0.25) is 4.98 Å². The van der Waals surface area contributed by atoms with Crippen molar-refractivity contribution in [3.8, 4) is 0 Å². The maximum atomic E-state index is 5.58. The monoisotopic (exact) mass is 162 g/mol. The van der Waals surface area contributed by atoms with Crippen LogP contribution in [-0.2, 0) is 0 Å². The van der Waals surface area contributed by atoms with Crippen molar-refractivity contribution >= 4 is 6.08 Å². The molecule has 12 heavy (non-hydrogen) atoms. The average molecular weight is 162 g/mol. The zero-order valence-electron chi connectivity index (χ0n) is 7.49. The van der Waals surface area contributed by atoms with Gasteiger partial charge in [-0.2, -0.15) is 0 Å². The van der Waals surface area contributed by atoms with Gasteiger partial charge in [0.1, 0.15) is 0 Å². The number of aromatic nitrogens is 1. The molecular weight excluding hydrogens is 148 g/mol. The van der Waals surface area contributed by atoms with Crippen LogP contribution in [0.15, 0.2) is 24.4 Å². The van der Waals surface area contributed by atoms with Gasteiger partial charge in [-0.1, -0.05) is 12.1 Å². The molecule has 0 spiro atoms. The summed E-state index contributed by atoms with van der Waals surface area (Å²) < 4.78 is 0. The SMILES string of the molecule is Cc1cccnc1/C=C/C(C)N. The summed E-state index contributed by atoms with van der Waals surface area (Å²) in [6.45, 7) is 3.97. The first-order valence-electron chi connectivity index (χ1n) is 4.05. The lowest BCUT2D eigenvalue weighted by Gasteiger charge is -1.98. The molecule has 0 saturated heterocycles. The summed E-state index contributed by atoms with van der Waals surface area (Å²) in [5.41, 5.74) is 7.75. The summed E-state index contributed by atoms with van der Waals surface area (Å²) in [7, 11) is 0. The topological polar surface area (TPSA) is 38.9 Å². The minimum Gasteiger partial charge on any atom is -0.325 e. The van der Waals surface area contributed by atoms with E-state index >= 15 is 0 Å². The van der Waals surface area contributed by atoms with E-state index in [1.807, 2.05) is 38.1 Å². The molecule has 1 aromatic heterocycles. The number of hydrogen-bond donors (Lipinski definition) is 1. The molecule has 1 rings (SSSR count). The van der Waals surface area contributed by atoms with Crippen LogP contribution in [0.1, 0.15) is 18.2 Å². The molecule has 0 bridgehead atoms. The normalized spacial score (nSPS) is 13.6. The van der Waals surface area contributed by atoms with Gasteiger partial charge in [0.15, 0.2) is 0 Å². The van der Waals surface area contributed by atoms with Gasteiger partial charge in [0.25, 0.3) is 0 Å². The van der Waals surface area contributed by atoms with Crippen molar-refractivity contribution in [3.05, 3.63) is 35.7 Å². The number of nitrogens with two attached hydrogens (primary N) is 1. The highest BCUT2D eigenvalue weighted by Gasteiger charge is 1.92. The van der Waals surface area contributed by atoms with Crippen molar-refractivity contribution < 1.29 is 0 Å². The number of nitrogens with zero attached hydrogens (tertiary/aromatic N) is 1. The van der Waals surface area contributed by atoms with Crippen molar-refractivity contribution in [3.63, 3.8) is 0 Å². The Bertz CT molecular complexity index is 277. The number of hydrogen-bond acceptors (Lipinski definition) is 2. The van der Waals surface area contributed by atoms with Crippen LogP contribution >= 0.6 is 0 Å². The van der Waals surface area contributed by atoms with E-state index in [4.69, 9.17) is 5.73 Å². The second kappa shape index (κ2) is 4.02. The van der Waals surface area contributed by atoms with Crippen LogP contribution in [0, 0.1) is 6.92 Å². The molecule has 2 N–H and O–H groups in total. The maximum Gasteiger partial charge on any atom is 0.0656 e. The van der Waals surface area contributed by atoms with Gasteiger partial charge >= 0.3 is 0 Å². The van der Waals surface area contributed by atoms with E-state index in [2.05, 4.69) is 4.98 Å². The summed E-state index contributed by atoms with van der Waals surface area (Å²) in [5, 5.41) is 0. The van der Waals surface area contributed by atoms with Crippen LogP contribution < -0.4 is 5.73 Å². The third-order valence-corrected chi connectivity index (χ3v) is 1.61. The largest absolute Gasteiger partial charge is 0.325 e. The fourth-order valence-corrected chi connectivity index (χ4v) is 0.915. The molecule has 1 unspecified atom stereocenters. The van der Waals surface area contributed by atoms with Crippen LogP contribution in [0.5, 0.6) is 0 Å². The molecule has 0 aliphatic rings. The quantitative estimate of drug-likeness (QED) is 0.719. The van der Waals surface area contributed by atoms with E-state index < -0.39 is 0 Å². The first kappa shape index (κ1) is 8.94. The highest BCUT2D eigenvalue weighted by molar-refractivity contribution is 5.49. The summed E-state index contributed by atoms with van der Waals surface area (Å²) in [5.74, 6) is 0. The minimum absolute atomic E-state index is 0.0893. The molecular formula is C10H14N2. The van der Waals surface area contributed by atoms with Crippen LogP contribution in [0.4, 0.5) is 0 Å². The third kappa shape index (κ3) is 2.47. The highest BCUT2D eigenvalue weighted by Crippen LogP contribution is 2.04. The number of aryl methyl sites for hydroxylation is 1. The van der Waals surface area contributed by atoms with Crippen molar-refractivity contribution in [2.75, 3.05) is 0 Å². The Morgan fingerprint density at radius 3 is 2.92 bits per heavy atom. The lowest BCUT2D eigenvalue weighted by Crippen LogP contribution is -2.10. The van der Waals surface area contributed by atoms with Crippen molar-refractivity contribution in [1.29, 1.82) is 0 Å². The van der Waals surface area contributed by atoms with Crippen LogP contribution in [-0.4, -0.2) is 11.0 Å². The van der Waals surface area contributed by atoms with E-state index in [1.165, 1.54) is 5.56 Å². The van der Waals surface area contributed by atoms with E-state index in [-0.39, 0.29) is 6.04 Å². The van der Waals surface area contributed by atoms with Crippen molar-refractivity contribution in [2.24, 2.45) is 5.73 Å². The summed E-state index contributed by atoms with van der Waals surface area (Å²) >= 11 is 0. The summed E-state index contributed by atoms with van der Waals surface area (Å²) in [4.78, 5) is 4.21. The van der Waals surface area contributed by atoms with E-state index in [0.717, 1.165) is 5.69 Å². The Balaban J connectivity index is 2.82. The number of pyridine rings is 1. The van der Waals surface area contributed by atoms with Gasteiger partial charge in [-0.05, 0) is 31.6 Å². The fourth-order valence-electron chi connectivity index (χ4n) is 0.915. The lowest BCUT2D eigenvalue weighted by atomic mass is 10.2. The Morgan fingerprint density at radius 2 is 2.33 bits per heavy atom. The first-order valence-corrected chi connectivity index (χ1v) is 4.05. The van der Waals surface area contributed by atoms with Gasteiger partial charge in [-0.15, -0.1) is 0 Å². The lowest BCUT2D eigenvalue weighted by molar-refractivity contribution is 0.930. The molecule has 0 amide bonds. The summed E-state index contributed by atoms with van der Waals surface area (Å²) in [6, 6.07) is 4.05. The maximum absolute atomic E-state index is 5.58. The Kier molecular flexibility index (Phi) is 3.00. The fraction of sp³-hybridized carbons (Fsp3) is 0.300. The molecule has 2 nitrogen and oxygen atoms in total. The standard InChI is InChI=1S/C10H14N2/c1-8-4-3-7-12-10(8)6-5-9(2)11/h3-7,9H,11H2,1-2H3/b6-5+. The van der Waals surface area contributed by atoms with E-state index in [0.29, 0.717) is 0 Å². The summed E-state index contributed by atoms with van der Waals surface area (Å²) in [6.07, 6.45) is 5.68. The predicted octanol–water partition coefficient (Wildman–Crippen LogP) is 1.75. The molecule has 0 aromatic carbocycles. The minimum atomic E-state index is 0.0893. The zero-order chi connectivity index (χ0) is 8.97. The molecule has 0 saturated carbocycles. The third-order valence-electron chi connectivity index (χ3n) is 1.61. The molecule has 1 atom stereocenters. The molecule has 0 fully saturated rings.